The van der Waals surface area contributed by atoms with E-state index in [-0.39, 0.29) is 5.75 Å². The molecule has 2 rings (SSSR count). The number of halogens is 2. The summed E-state index contributed by atoms with van der Waals surface area (Å²) in [6.45, 7) is -2.32. The van der Waals surface area contributed by atoms with Gasteiger partial charge >= 0.3 is 6.61 Å². The predicted molar refractivity (Wildman–Crippen MR) is 59.5 cm³/mol. The van der Waals surface area contributed by atoms with Gasteiger partial charge in [-0.05, 0) is 18.9 Å². The Morgan fingerprint density at radius 3 is 2.76 bits per heavy atom. The fourth-order valence-corrected chi connectivity index (χ4v) is 1.63. The Labute approximate surface area is 98.7 Å². The molecule has 0 bridgehead atoms. The average molecular weight is 243 g/mol. The maximum atomic E-state index is 12.3. The van der Waals surface area contributed by atoms with Gasteiger partial charge in [0.1, 0.15) is 0 Å². The van der Waals surface area contributed by atoms with E-state index >= 15 is 0 Å². The zero-order valence-electron chi connectivity index (χ0n) is 9.58. The molecule has 1 aromatic carbocycles. The molecule has 0 aromatic heterocycles. The highest BCUT2D eigenvalue weighted by Crippen LogP contribution is 2.33. The molecule has 1 fully saturated rings. The lowest BCUT2D eigenvalue weighted by molar-refractivity contribution is -0.0518. The molecule has 0 unspecified atom stereocenters. The molecule has 0 amide bonds. The van der Waals surface area contributed by atoms with Gasteiger partial charge in [-0.25, -0.2) is 0 Å². The number of benzene rings is 1. The van der Waals surface area contributed by atoms with Gasteiger partial charge in [-0.1, -0.05) is 12.1 Å². The molecule has 1 aliphatic carbocycles. The number of rotatable bonds is 6. The third-order valence-electron chi connectivity index (χ3n) is 2.65. The number of hydrogen-bond donors (Lipinski definition) is 1. The number of para-hydroxylation sites is 1. The molecular formula is C12H15F2NO2. The van der Waals surface area contributed by atoms with Crippen LogP contribution in [0.3, 0.4) is 0 Å². The number of alkyl halides is 2. The Morgan fingerprint density at radius 1 is 1.41 bits per heavy atom. The van der Waals surface area contributed by atoms with Gasteiger partial charge in [0.05, 0.1) is 7.11 Å². The summed E-state index contributed by atoms with van der Waals surface area (Å²) in [5.41, 5.74) is 0.691. The first-order valence-corrected chi connectivity index (χ1v) is 5.54. The van der Waals surface area contributed by atoms with Crippen LogP contribution in [0, 0.1) is 0 Å². The summed E-state index contributed by atoms with van der Waals surface area (Å²) in [6.07, 6.45) is 2.30. The van der Waals surface area contributed by atoms with E-state index in [9.17, 15) is 8.78 Å². The van der Waals surface area contributed by atoms with Crippen molar-refractivity contribution in [2.45, 2.75) is 32.0 Å². The Bertz CT molecular complexity index is 381. The van der Waals surface area contributed by atoms with Gasteiger partial charge in [-0.15, -0.1) is 0 Å². The van der Waals surface area contributed by atoms with E-state index in [1.165, 1.54) is 7.11 Å². The third-order valence-corrected chi connectivity index (χ3v) is 2.65. The second kappa shape index (κ2) is 5.31. The van der Waals surface area contributed by atoms with Gasteiger partial charge < -0.3 is 14.8 Å². The molecule has 0 heterocycles. The number of hydrogen-bond acceptors (Lipinski definition) is 3. The van der Waals surface area contributed by atoms with Gasteiger partial charge in [0.15, 0.2) is 11.5 Å². The van der Waals surface area contributed by atoms with E-state index in [2.05, 4.69) is 10.1 Å². The fourth-order valence-electron chi connectivity index (χ4n) is 1.63. The summed E-state index contributed by atoms with van der Waals surface area (Å²) in [7, 11) is 1.44. The van der Waals surface area contributed by atoms with E-state index in [4.69, 9.17) is 4.74 Å². The Hall–Kier alpha value is -1.36. The summed E-state index contributed by atoms with van der Waals surface area (Å²) in [5, 5.41) is 3.26. The Morgan fingerprint density at radius 2 is 2.18 bits per heavy atom. The Balaban J connectivity index is 2.14. The Kier molecular flexibility index (Phi) is 3.78. The number of nitrogens with one attached hydrogen (secondary N) is 1. The minimum absolute atomic E-state index is 0.123. The van der Waals surface area contributed by atoms with Crippen molar-refractivity contribution in [1.82, 2.24) is 5.32 Å². The molecule has 1 aliphatic rings. The van der Waals surface area contributed by atoms with Crippen LogP contribution in [0.25, 0.3) is 0 Å². The van der Waals surface area contributed by atoms with E-state index in [0.717, 1.165) is 12.8 Å². The topological polar surface area (TPSA) is 30.5 Å². The highest BCUT2D eigenvalue weighted by atomic mass is 19.3. The zero-order valence-corrected chi connectivity index (χ0v) is 9.58. The van der Waals surface area contributed by atoms with Crippen LogP contribution in [0.4, 0.5) is 8.78 Å². The quantitative estimate of drug-likeness (QED) is 0.832. The minimum Gasteiger partial charge on any atom is -0.493 e. The maximum Gasteiger partial charge on any atom is 0.387 e. The number of ether oxygens (including phenoxy) is 2. The summed E-state index contributed by atoms with van der Waals surface area (Å²) < 4.78 is 34.2. The summed E-state index contributed by atoms with van der Waals surface area (Å²) in [6, 6.07) is 5.65. The normalized spacial score (nSPS) is 15.1. The zero-order chi connectivity index (χ0) is 12.3. The van der Waals surface area contributed by atoms with E-state index < -0.39 is 6.61 Å². The minimum atomic E-state index is -2.84. The monoisotopic (exact) mass is 243 g/mol. The summed E-state index contributed by atoms with van der Waals surface area (Å²) >= 11 is 0. The molecule has 17 heavy (non-hydrogen) atoms. The second-order valence-electron chi connectivity index (χ2n) is 3.98. The molecule has 0 spiro atoms. The van der Waals surface area contributed by atoms with Crippen LogP contribution < -0.4 is 14.8 Å². The molecule has 1 saturated carbocycles. The van der Waals surface area contributed by atoms with Crippen molar-refractivity contribution in [3.63, 3.8) is 0 Å². The van der Waals surface area contributed by atoms with Crippen LogP contribution in [0.2, 0.25) is 0 Å². The van der Waals surface area contributed by atoms with Gasteiger partial charge in [-0.3, -0.25) is 0 Å². The molecule has 1 aromatic rings. The molecule has 94 valence electrons. The van der Waals surface area contributed by atoms with E-state index in [0.29, 0.717) is 23.9 Å². The molecule has 0 aliphatic heterocycles. The van der Waals surface area contributed by atoms with Crippen molar-refractivity contribution in [1.29, 1.82) is 0 Å². The van der Waals surface area contributed by atoms with Crippen LogP contribution in [-0.4, -0.2) is 19.8 Å². The average Bonchev–Trinajstić information content (AvgIpc) is 3.10. The lowest BCUT2D eigenvalue weighted by atomic mass is 10.2. The third kappa shape index (κ3) is 3.30. The molecule has 0 atom stereocenters. The predicted octanol–water partition coefficient (Wildman–Crippen LogP) is 2.55. The van der Waals surface area contributed by atoms with Crippen LogP contribution in [0.1, 0.15) is 18.4 Å². The van der Waals surface area contributed by atoms with Crippen molar-refractivity contribution in [3.8, 4) is 11.5 Å². The van der Waals surface area contributed by atoms with Crippen LogP contribution >= 0.6 is 0 Å². The lowest BCUT2D eigenvalue weighted by Crippen LogP contribution is -2.17. The van der Waals surface area contributed by atoms with Crippen molar-refractivity contribution in [2.24, 2.45) is 0 Å². The first kappa shape index (κ1) is 12.1. The molecule has 0 saturated heterocycles. The van der Waals surface area contributed by atoms with Crippen molar-refractivity contribution in [2.75, 3.05) is 7.11 Å². The van der Waals surface area contributed by atoms with Crippen LogP contribution in [0.5, 0.6) is 11.5 Å². The highest BCUT2D eigenvalue weighted by molar-refractivity contribution is 5.46. The molecular weight excluding hydrogens is 228 g/mol. The second-order valence-corrected chi connectivity index (χ2v) is 3.98. The SMILES string of the molecule is COc1cccc(CNC2CC2)c1OC(F)F. The fraction of sp³-hybridized carbons (Fsp3) is 0.500. The highest BCUT2D eigenvalue weighted by Gasteiger charge is 2.22. The standard InChI is InChI=1S/C12H15F2NO2/c1-16-10-4-2-3-8(7-15-9-5-6-9)11(10)17-12(13)14/h2-4,9,12,15H,5-7H2,1H3. The van der Waals surface area contributed by atoms with Crippen LogP contribution in [-0.2, 0) is 6.54 Å². The van der Waals surface area contributed by atoms with Gasteiger partial charge in [-0.2, -0.15) is 8.78 Å². The largest absolute Gasteiger partial charge is 0.493 e. The summed E-state index contributed by atoms with van der Waals surface area (Å²) in [4.78, 5) is 0. The molecule has 0 radical (unpaired) electrons. The van der Waals surface area contributed by atoms with E-state index in [1.54, 1.807) is 18.2 Å². The summed E-state index contributed by atoms with van der Waals surface area (Å²) in [5.74, 6) is 0.457. The smallest absolute Gasteiger partial charge is 0.387 e. The van der Waals surface area contributed by atoms with Crippen molar-refractivity contribution < 1.29 is 18.3 Å². The number of methoxy groups -OCH3 is 1. The van der Waals surface area contributed by atoms with Gasteiger partial charge in [0.2, 0.25) is 0 Å². The van der Waals surface area contributed by atoms with E-state index in [1.807, 2.05) is 0 Å². The lowest BCUT2D eigenvalue weighted by Gasteiger charge is -2.14. The van der Waals surface area contributed by atoms with Gasteiger partial charge in [0.25, 0.3) is 0 Å². The molecule has 3 nitrogen and oxygen atoms in total. The first-order valence-electron chi connectivity index (χ1n) is 5.54. The maximum absolute atomic E-state index is 12.3. The first-order chi connectivity index (χ1) is 8.20. The van der Waals surface area contributed by atoms with Crippen molar-refractivity contribution in [3.05, 3.63) is 23.8 Å². The van der Waals surface area contributed by atoms with Gasteiger partial charge in [0, 0.05) is 18.2 Å². The van der Waals surface area contributed by atoms with Crippen LogP contribution in [0.15, 0.2) is 18.2 Å². The molecule has 1 N–H and O–H groups in total. The van der Waals surface area contributed by atoms with Crippen molar-refractivity contribution >= 4 is 0 Å². The molecule has 5 heteroatoms.